The third-order valence-electron chi connectivity index (χ3n) is 4.62. The Morgan fingerprint density at radius 1 is 1.11 bits per heavy atom. The largest absolute Gasteiger partial charge is 0.356 e. The summed E-state index contributed by atoms with van der Waals surface area (Å²) in [5.74, 6) is 1.56. The van der Waals surface area contributed by atoms with Gasteiger partial charge in [0.15, 0.2) is 5.96 Å². The van der Waals surface area contributed by atoms with Gasteiger partial charge in [-0.2, -0.15) is 0 Å². The van der Waals surface area contributed by atoms with E-state index in [1.54, 1.807) is 7.05 Å². The van der Waals surface area contributed by atoms with Gasteiger partial charge in [0.2, 0.25) is 5.91 Å². The Morgan fingerprint density at radius 3 is 2.30 bits per heavy atom. The maximum absolute atomic E-state index is 11.6. The summed E-state index contributed by atoms with van der Waals surface area (Å²) in [6.07, 6.45) is 5.80. The lowest BCUT2D eigenvalue weighted by atomic mass is 10.0. The van der Waals surface area contributed by atoms with Crippen LogP contribution >= 0.6 is 24.0 Å². The Kier molecular flexibility index (Phi) is 11.4. The van der Waals surface area contributed by atoms with Gasteiger partial charge in [-0.3, -0.25) is 9.79 Å². The number of rotatable bonds is 10. The van der Waals surface area contributed by atoms with Gasteiger partial charge in [0.1, 0.15) is 0 Å². The van der Waals surface area contributed by atoms with Crippen molar-refractivity contribution in [1.82, 2.24) is 16.0 Å². The normalized spacial score (nSPS) is 13.9. The van der Waals surface area contributed by atoms with Crippen LogP contribution < -0.4 is 16.0 Å². The molecular formula is C21H35IN4O. The number of amides is 1. The SMILES string of the molecule is CN=C(NCCCC(=O)NC1CC1)NCCCc1ccc(C(C)C)cc1.I. The average Bonchev–Trinajstić information content (AvgIpc) is 3.44. The predicted octanol–water partition coefficient (Wildman–Crippen LogP) is 3.58. The fourth-order valence-corrected chi connectivity index (χ4v) is 2.77. The number of aryl methyl sites for hydroxylation is 1. The molecule has 0 spiro atoms. The molecule has 1 aromatic carbocycles. The molecule has 0 aromatic heterocycles. The van der Waals surface area contributed by atoms with E-state index in [9.17, 15) is 4.79 Å². The molecule has 0 aliphatic heterocycles. The number of carbonyl (C=O) groups excluding carboxylic acids is 1. The molecule has 0 heterocycles. The summed E-state index contributed by atoms with van der Waals surface area (Å²) in [4.78, 5) is 15.9. The van der Waals surface area contributed by atoms with Crippen LogP contribution in [-0.4, -0.2) is 38.0 Å². The predicted molar refractivity (Wildman–Crippen MR) is 124 cm³/mol. The van der Waals surface area contributed by atoms with Crippen molar-refractivity contribution in [2.75, 3.05) is 20.1 Å². The van der Waals surface area contributed by atoms with E-state index in [1.807, 2.05) is 0 Å². The van der Waals surface area contributed by atoms with Gasteiger partial charge < -0.3 is 16.0 Å². The molecular weight excluding hydrogens is 451 g/mol. The van der Waals surface area contributed by atoms with Gasteiger partial charge in [-0.15, -0.1) is 24.0 Å². The van der Waals surface area contributed by atoms with Crippen LogP contribution in [0, 0.1) is 0 Å². The first-order valence-corrected chi connectivity index (χ1v) is 9.91. The van der Waals surface area contributed by atoms with Gasteiger partial charge in [0, 0.05) is 32.6 Å². The third kappa shape index (κ3) is 9.98. The Labute approximate surface area is 181 Å². The summed E-state index contributed by atoms with van der Waals surface area (Å²) in [5.41, 5.74) is 2.77. The number of carbonyl (C=O) groups is 1. The molecule has 152 valence electrons. The fraction of sp³-hybridized carbons (Fsp3) is 0.619. The van der Waals surface area contributed by atoms with Gasteiger partial charge in [-0.05, 0) is 49.1 Å². The minimum atomic E-state index is 0. The van der Waals surface area contributed by atoms with Gasteiger partial charge >= 0.3 is 0 Å². The number of nitrogens with zero attached hydrogens (tertiary/aromatic N) is 1. The van der Waals surface area contributed by atoms with Crippen molar-refractivity contribution < 1.29 is 4.79 Å². The molecule has 6 heteroatoms. The Balaban J connectivity index is 0.00000364. The first-order chi connectivity index (χ1) is 12.6. The van der Waals surface area contributed by atoms with Crippen molar-refractivity contribution in [3.63, 3.8) is 0 Å². The van der Waals surface area contributed by atoms with Crippen molar-refractivity contribution >= 4 is 35.8 Å². The lowest BCUT2D eigenvalue weighted by Gasteiger charge is -2.12. The molecule has 0 radical (unpaired) electrons. The van der Waals surface area contributed by atoms with Crippen LogP contribution in [0.3, 0.4) is 0 Å². The van der Waals surface area contributed by atoms with Crippen molar-refractivity contribution in [2.24, 2.45) is 4.99 Å². The van der Waals surface area contributed by atoms with E-state index in [0.717, 1.165) is 51.2 Å². The standard InChI is InChI=1S/C21H34N4O.HI/c1-16(2)18-10-8-17(9-11-18)6-4-14-23-21(22-3)24-15-5-7-20(26)25-19-12-13-19;/h8-11,16,19H,4-7,12-15H2,1-3H3,(H,25,26)(H2,22,23,24);1H. The number of hydrogen-bond acceptors (Lipinski definition) is 2. The van der Waals surface area contributed by atoms with Gasteiger partial charge in [-0.25, -0.2) is 0 Å². The zero-order valence-electron chi connectivity index (χ0n) is 16.9. The average molecular weight is 486 g/mol. The molecule has 1 saturated carbocycles. The smallest absolute Gasteiger partial charge is 0.220 e. The van der Waals surface area contributed by atoms with Crippen LogP contribution in [0.25, 0.3) is 0 Å². The zero-order valence-corrected chi connectivity index (χ0v) is 19.2. The van der Waals surface area contributed by atoms with E-state index in [4.69, 9.17) is 0 Å². The highest BCUT2D eigenvalue weighted by atomic mass is 127. The van der Waals surface area contributed by atoms with Crippen molar-refractivity contribution in [2.45, 2.75) is 64.3 Å². The van der Waals surface area contributed by atoms with Gasteiger partial charge in [0.05, 0.1) is 0 Å². The number of benzene rings is 1. The second-order valence-corrected chi connectivity index (χ2v) is 7.37. The van der Waals surface area contributed by atoms with E-state index >= 15 is 0 Å². The van der Waals surface area contributed by atoms with E-state index in [0.29, 0.717) is 18.4 Å². The van der Waals surface area contributed by atoms with E-state index in [2.05, 4.69) is 59.1 Å². The topological polar surface area (TPSA) is 65.5 Å². The molecule has 27 heavy (non-hydrogen) atoms. The zero-order chi connectivity index (χ0) is 18.8. The van der Waals surface area contributed by atoms with Crippen LogP contribution in [0.1, 0.15) is 63.0 Å². The van der Waals surface area contributed by atoms with Gasteiger partial charge in [-0.1, -0.05) is 38.1 Å². The second kappa shape index (κ2) is 13.0. The first-order valence-electron chi connectivity index (χ1n) is 9.91. The van der Waals surface area contributed by atoms with Crippen molar-refractivity contribution in [1.29, 1.82) is 0 Å². The Morgan fingerprint density at radius 2 is 1.74 bits per heavy atom. The molecule has 0 atom stereocenters. The third-order valence-corrected chi connectivity index (χ3v) is 4.62. The Hall–Kier alpha value is -1.31. The molecule has 1 aliphatic rings. The summed E-state index contributed by atoms with van der Waals surface area (Å²) in [7, 11) is 1.78. The number of nitrogens with one attached hydrogen (secondary N) is 3. The number of halogens is 1. The van der Waals surface area contributed by atoms with Gasteiger partial charge in [0.25, 0.3) is 0 Å². The summed E-state index contributed by atoms with van der Waals surface area (Å²) < 4.78 is 0. The molecule has 0 saturated heterocycles. The van der Waals surface area contributed by atoms with Crippen molar-refractivity contribution in [3.8, 4) is 0 Å². The monoisotopic (exact) mass is 486 g/mol. The molecule has 0 bridgehead atoms. The number of hydrogen-bond donors (Lipinski definition) is 3. The van der Waals surface area contributed by atoms with E-state index in [1.165, 1.54) is 11.1 Å². The van der Waals surface area contributed by atoms with Crippen LogP contribution in [0.5, 0.6) is 0 Å². The minimum absolute atomic E-state index is 0. The summed E-state index contributed by atoms with van der Waals surface area (Å²) >= 11 is 0. The molecule has 5 nitrogen and oxygen atoms in total. The summed E-state index contributed by atoms with van der Waals surface area (Å²) in [6, 6.07) is 9.37. The molecule has 0 unspecified atom stereocenters. The minimum Gasteiger partial charge on any atom is -0.356 e. The van der Waals surface area contributed by atoms with Crippen LogP contribution in [0.4, 0.5) is 0 Å². The maximum Gasteiger partial charge on any atom is 0.220 e. The second-order valence-electron chi connectivity index (χ2n) is 7.37. The van der Waals surface area contributed by atoms with Crippen LogP contribution in [0.2, 0.25) is 0 Å². The highest BCUT2D eigenvalue weighted by molar-refractivity contribution is 14.0. The highest BCUT2D eigenvalue weighted by Crippen LogP contribution is 2.18. The lowest BCUT2D eigenvalue weighted by Crippen LogP contribution is -2.38. The van der Waals surface area contributed by atoms with E-state index < -0.39 is 0 Å². The molecule has 1 amide bonds. The lowest BCUT2D eigenvalue weighted by molar-refractivity contribution is -0.121. The quantitative estimate of drug-likeness (QED) is 0.205. The Bertz CT molecular complexity index is 582. The number of aliphatic imine (C=N–C) groups is 1. The molecule has 3 N–H and O–H groups in total. The molecule has 1 aliphatic carbocycles. The first kappa shape index (κ1) is 23.7. The number of guanidine groups is 1. The highest BCUT2D eigenvalue weighted by Gasteiger charge is 2.22. The molecule has 1 aromatic rings. The fourth-order valence-electron chi connectivity index (χ4n) is 2.77. The van der Waals surface area contributed by atoms with E-state index in [-0.39, 0.29) is 29.9 Å². The summed E-state index contributed by atoms with van der Waals surface area (Å²) in [6.45, 7) is 6.08. The maximum atomic E-state index is 11.6. The summed E-state index contributed by atoms with van der Waals surface area (Å²) in [5, 5.41) is 9.62. The van der Waals surface area contributed by atoms with Crippen LogP contribution in [0.15, 0.2) is 29.3 Å². The van der Waals surface area contributed by atoms with Crippen molar-refractivity contribution in [3.05, 3.63) is 35.4 Å². The van der Waals surface area contributed by atoms with Crippen LogP contribution in [-0.2, 0) is 11.2 Å². The molecule has 2 rings (SSSR count). The molecule has 1 fully saturated rings.